The molecule has 0 aliphatic rings. The lowest BCUT2D eigenvalue weighted by Gasteiger charge is -2.11. The van der Waals surface area contributed by atoms with Crippen LogP contribution in [0.1, 0.15) is 5.56 Å². The highest BCUT2D eigenvalue weighted by molar-refractivity contribution is 8.00. The highest BCUT2D eigenvalue weighted by Gasteiger charge is 2.14. The normalized spacial score (nSPS) is 10.9. The molecule has 5 aromatic rings. The number of amides is 1. The first kappa shape index (κ1) is 20.9. The van der Waals surface area contributed by atoms with Crippen molar-refractivity contribution in [2.24, 2.45) is 0 Å². The third-order valence-electron chi connectivity index (χ3n) is 5.23. The molecule has 2 aromatic heterocycles. The van der Waals surface area contributed by atoms with E-state index >= 15 is 0 Å². The van der Waals surface area contributed by atoms with E-state index < -0.39 is 0 Å². The minimum atomic E-state index is -0.0962. The van der Waals surface area contributed by atoms with Crippen molar-refractivity contribution in [2.45, 2.75) is 11.9 Å². The molecule has 33 heavy (non-hydrogen) atoms. The van der Waals surface area contributed by atoms with Gasteiger partial charge in [0.1, 0.15) is 11.4 Å². The van der Waals surface area contributed by atoms with Crippen molar-refractivity contribution in [1.29, 1.82) is 0 Å². The van der Waals surface area contributed by atoms with Gasteiger partial charge in [-0.1, -0.05) is 78.0 Å². The number of thioether (sulfide) groups is 1. The smallest absolute Gasteiger partial charge is 0.234 e. The van der Waals surface area contributed by atoms with Gasteiger partial charge < -0.3 is 5.32 Å². The molecule has 3 aromatic carbocycles. The van der Waals surface area contributed by atoms with Gasteiger partial charge in [-0.25, -0.2) is 14.6 Å². The first-order valence-corrected chi connectivity index (χ1v) is 11.5. The van der Waals surface area contributed by atoms with Crippen molar-refractivity contribution < 1.29 is 4.79 Å². The number of nitrogens with zero attached hydrogens (tertiary/aromatic N) is 4. The lowest BCUT2D eigenvalue weighted by molar-refractivity contribution is -0.113. The summed E-state index contributed by atoms with van der Waals surface area (Å²) < 4.78 is 1.79. The molecule has 0 saturated carbocycles. The van der Waals surface area contributed by atoms with Crippen LogP contribution in [0.2, 0.25) is 0 Å². The van der Waals surface area contributed by atoms with Crippen molar-refractivity contribution >= 4 is 34.4 Å². The Balaban J connectivity index is 1.33. The fraction of sp³-hybridized carbons (Fsp3) is 0.0769. The molecule has 1 amide bonds. The van der Waals surface area contributed by atoms with Gasteiger partial charge in [0.15, 0.2) is 5.65 Å². The zero-order valence-corrected chi connectivity index (χ0v) is 18.8. The second kappa shape index (κ2) is 9.26. The number of anilines is 1. The Bertz CT molecular complexity index is 1410. The van der Waals surface area contributed by atoms with Crippen LogP contribution in [0.25, 0.3) is 27.8 Å². The lowest BCUT2D eigenvalue weighted by atomic mass is 10.0. The van der Waals surface area contributed by atoms with Crippen LogP contribution in [-0.4, -0.2) is 31.4 Å². The monoisotopic (exact) mass is 451 g/mol. The third kappa shape index (κ3) is 4.49. The zero-order valence-electron chi connectivity index (χ0n) is 18.0. The number of aryl methyl sites for hydroxylation is 1. The van der Waals surface area contributed by atoms with Crippen molar-refractivity contribution in [3.05, 3.63) is 97.0 Å². The highest BCUT2D eigenvalue weighted by Crippen LogP contribution is 2.29. The summed E-state index contributed by atoms with van der Waals surface area (Å²) in [5.74, 6) is 0.131. The van der Waals surface area contributed by atoms with Gasteiger partial charge >= 0.3 is 0 Å². The van der Waals surface area contributed by atoms with Crippen molar-refractivity contribution in [3.63, 3.8) is 0 Å². The Hall–Kier alpha value is -3.97. The molecule has 0 spiro atoms. The Labute approximate surface area is 195 Å². The largest absolute Gasteiger partial charge is 0.325 e. The number of hydrogen-bond acceptors (Lipinski definition) is 5. The lowest BCUT2D eigenvalue weighted by Crippen LogP contribution is -2.14. The number of para-hydroxylation sites is 1. The van der Waals surface area contributed by atoms with Gasteiger partial charge in [-0.3, -0.25) is 4.79 Å². The minimum Gasteiger partial charge on any atom is -0.325 e. The van der Waals surface area contributed by atoms with E-state index in [9.17, 15) is 4.79 Å². The van der Waals surface area contributed by atoms with Gasteiger partial charge in [0.05, 0.1) is 23.0 Å². The molecule has 0 aliphatic carbocycles. The predicted molar refractivity (Wildman–Crippen MR) is 133 cm³/mol. The molecule has 0 aliphatic heterocycles. The van der Waals surface area contributed by atoms with Crippen LogP contribution in [0.4, 0.5) is 5.69 Å². The van der Waals surface area contributed by atoms with E-state index in [-0.39, 0.29) is 11.7 Å². The fourth-order valence-electron chi connectivity index (χ4n) is 3.59. The SMILES string of the molecule is Cc1ccc(-n2ncc3c(SCC(=O)Nc4ccccc4-c4ccccc4)ncnc32)cc1. The summed E-state index contributed by atoms with van der Waals surface area (Å²) in [6.45, 7) is 2.05. The van der Waals surface area contributed by atoms with Gasteiger partial charge in [-0.2, -0.15) is 5.10 Å². The number of aromatic nitrogens is 4. The number of carbonyl (C=O) groups is 1. The molecule has 162 valence electrons. The molecule has 0 saturated heterocycles. The van der Waals surface area contributed by atoms with E-state index in [1.54, 1.807) is 10.9 Å². The van der Waals surface area contributed by atoms with Crippen molar-refractivity contribution in [1.82, 2.24) is 19.7 Å². The van der Waals surface area contributed by atoms with Gasteiger partial charge in [0.25, 0.3) is 0 Å². The number of carbonyl (C=O) groups excluding carboxylic acids is 1. The maximum atomic E-state index is 12.8. The average molecular weight is 452 g/mol. The number of rotatable bonds is 6. The highest BCUT2D eigenvalue weighted by atomic mass is 32.2. The minimum absolute atomic E-state index is 0.0962. The Morgan fingerprint density at radius 3 is 2.52 bits per heavy atom. The molecule has 7 heteroatoms. The molecule has 0 atom stereocenters. The summed E-state index contributed by atoms with van der Waals surface area (Å²) in [4.78, 5) is 21.6. The molecular formula is C26H21N5OS. The molecular weight excluding hydrogens is 430 g/mol. The molecule has 5 rings (SSSR count). The first-order chi connectivity index (χ1) is 16.2. The van der Waals surface area contributed by atoms with Gasteiger partial charge in [0.2, 0.25) is 5.91 Å². The maximum Gasteiger partial charge on any atom is 0.234 e. The van der Waals surface area contributed by atoms with E-state index in [1.165, 1.54) is 23.7 Å². The molecule has 0 unspecified atom stereocenters. The second-order valence-electron chi connectivity index (χ2n) is 7.56. The average Bonchev–Trinajstić information content (AvgIpc) is 3.29. The third-order valence-corrected chi connectivity index (χ3v) is 6.24. The molecule has 0 bridgehead atoms. The van der Waals surface area contributed by atoms with Gasteiger partial charge in [0, 0.05) is 11.3 Å². The standard InChI is InChI=1S/C26H21N5OS/c1-18-11-13-20(14-12-18)31-25-22(15-29-31)26(28-17-27-25)33-16-24(32)30-23-10-6-5-9-21(23)19-7-3-2-4-8-19/h2-15,17H,16H2,1H3,(H,30,32). The van der Waals surface area contributed by atoms with Crippen molar-refractivity contribution in [3.8, 4) is 16.8 Å². The predicted octanol–water partition coefficient (Wildman–Crippen LogP) is 5.52. The van der Waals surface area contributed by atoms with E-state index in [1.807, 2.05) is 85.8 Å². The maximum absolute atomic E-state index is 12.8. The fourth-order valence-corrected chi connectivity index (χ4v) is 4.36. The second-order valence-corrected chi connectivity index (χ2v) is 8.52. The quantitative estimate of drug-likeness (QED) is 0.272. The summed E-state index contributed by atoms with van der Waals surface area (Å²) in [6, 6.07) is 25.9. The summed E-state index contributed by atoms with van der Waals surface area (Å²) in [5, 5.41) is 9.08. The Morgan fingerprint density at radius 2 is 1.70 bits per heavy atom. The summed E-state index contributed by atoms with van der Waals surface area (Å²) >= 11 is 1.37. The Kier molecular flexibility index (Phi) is 5.87. The van der Waals surface area contributed by atoms with Crippen LogP contribution < -0.4 is 5.32 Å². The molecule has 0 radical (unpaired) electrons. The summed E-state index contributed by atoms with van der Waals surface area (Å²) in [7, 11) is 0. The summed E-state index contributed by atoms with van der Waals surface area (Å²) in [6.07, 6.45) is 3.26. The van der Waals surface area contributed by atoms with Gasteiger partial charge in [-0.15, -0.1) is 0 Å². The number of hydrogen-bond donors (Lipinski definition) is 1. The van der Waals surface area contributed by atoms with Crippen LogP contribution in [-0.2, 0) is 4.79 Å². The molecule has 0 fully saturated rings. The number of nitrogens with one attached hydrogen (secondary N) is 1. The van der Waals surface area contributed by atoms with Crippen LogP contribution in [0.5, 0.6) is 0 Å². The Morgan fingerprint density at radius 1 is 0.939 bits per heavy atom. The summed E-state index contributed by atoms with van der Waals surface area (Å²) in [5.41, 5.74) is 5.66. The molecule has 1 N–H and O–H groups in total. The van der Waals surface area contributed by atoms with Crippen LogP contribution in [0.15, 0.2) is 96.4 Å². The van der Waals surface area contributed by atoms with Crippen LogP contribution in [0.3, 0.4) is 0 Å². The first-order valence-electron chi connectivity index (χ1n) is 10.5. The van der Waals surface area contributed by atoms with Crippen molar-refractivity contribution in [2.75, 3.05) is 11.1 Å². The van der Waals surface area contributed by atoms with E-state index in [2.05, 4.69) is 20.4 Å². The van der Waals surface area contributed by atoms with Gasteiger partial charge in [-0.05, 0) is 30.7 Å². The number of benzene rings is 3. The molecule has 6 nitrogen and oxygen atoms in total. The van der Waals surface area contributed by atoms with E-state index in [4.69, 9.17) is 0 Å². The molecule has 2 heterocycles. The zero-order chi connectivity index (χ0) is 22.6. The van der Waals surface area contributed by atoms with Crippen LogP contribution in [0, 0.1) is 6.92 Å². The van der Waals surface area contributed by atoms with Crippen LogP contribution >= 0.6 is 11.8 Å². The van der Waals surface area contributed by atoms with E-state index in [0.717, 1.165) is 32.9 Å². The number of fused-ring (bicyclic) bond motifs is 1. The topological polar surface area (TPSA) is 72.7 Å². The van der Waals surface area contributed by atoms with E-state index in [0.29, 0.717) is 5.65 Å².